The van der Waals surface area contributed by atoms with E-state index in [0.717, 1.165) is 11.1 Å². The summed E-state index contributed by atoms with van der Waals surface area (Å²) >= 11 is 1.62. The van der Waals surface area contributed by atoms with E-state index in [9.17, 15) is 18.4 Å². The van der Waals surface area contributed by atoms with Crippen molar-refractivity contribution in [1.82, 2.24) is 19.2 Å². The molecule has 1 aliphatic heterocycles. The molecule has 0 aromatic carbocycles. The van der Waals surface area contributed by atoms with Crippen LogP contribution in [0.3, 0.4) is 0 Å². The summed E-state index contributed by atoms with van der Waals surface area (Å²) in [4.78, 5) is 26.3. The van der Waals surface area contributed by atoms with Gasteiger partial charge in [0.25, 0.3) is 6.43 Å². The van der Waals surface area contributed by atoms with Gasteiger partial charge in [0, 0.05) is 19.0 Å². The van der Waals surface area contributed by atoms with Gasteiger partial charge in [0.1, 0.15) is 6.54 Å². The van der Waals surface area contributed by atoms with Crippen molar-refractivity contribution in [2.75, 3.05) is 6.54 Å². The summed E-state index contributed by atoms with van der Waals surface area (Å²) in [6.07, 6.45) is -1.78. The predicted octanol–water partition coefficient (Wildman–Crippen LogP) is 1.52. The number of amides is 1. The molecule has 2 aliphatic rings. The summed E-state index contributed by atoms with van der Waals surface area (Å²) in [6, 6.07) is 2.04. The highest BCUT2D eigenvalue weighted by Gasteiger charge is 2.46. The van der Waals surface area contributed by atoms with Crippen LogP contribution in [-0.2, 0) is 24.4 Å². The Bertz CT molecular complexity index is 814. The van der Waals surface area contributed by atoms with Gasteiger partial charge >= 0.3 is 5.69 Å². The van der Waals surface area contributed by atoms with Gasteiger partial charge in [-0.1, -0.05) is 0 Å². The maximum Gasteiger partial charge on any atom is 0.346 e. The minimum Gasteiger partial charge on any atom is -0.333 e. The molecule has 2 aromatic rings. The number of hydrogen-bond donors (Lipinski definition) is 0. The Balaban J connectivity index is 1.47. The fraction of sp³-hybridized carbons (Fsp3) is 0.533. The number of carbonyl (C=O) groups excluding carboxylic acids is 1. The molecule has 0 spiro atoms. The molecule has 0 bridgehead atoms. The van der Waals surface area contributed by atoms with Crippen LogP contribution in [0, 0.1) is 5.92 Å². The topological polar surface area (TPSA) is 60.1 Å². The first kappa shape index (κ1) is 15.5. The van der Waals surface area contributed by atoms with E-state index in [-0.39, 0.29) is 24.3 Å². The van der Waals surface area contributed by atoms with Gasteiger partial charge in [-0.3, -0.25) is 9.36 Å². The number of nitrogens with zero attached hydrogens (tertiary/aromatic N) is 4. The average Bonchev–Trinajstić information content (AvgIpc) is 3.04. The van der Waals surface area contributed by atoms with Crippen molar-refractivity contribution >= 4 is 17.2 Å². The van der Waals surface area contributed by atoms with Crippen molar-refractivity contribution in [3.8, 4) is 0 Å². The highest BCUT2D eigenvalue weighted by atomic mass is 32.1. The molecule has 9 heteroatoms. The summed E-state index contributed by atoms with van der Waals surface area (Å²) in [5, 5.41) is 8.04. The lowest BCUT2D eigenvalue weighted by Gasteiger charge is -2.26. The van der Waals surface area contributed by atoms with E-state index >= 15 is 0 Å². The van der Waals surface area contributed by atoms with Crippen LogP contribution in [0.5, 0.6) is 0 Å². The van der Waals surface area contributed by atoms with Crippen LogP contribution >= 0.6 is 11.3 Å². The van der Waals surface area contributed by atoms with Crippen LogP contribution in [0.1, 0.15) is 23.7 Å². The molecule has 0 unspecified atom stereocenters. The van der Waals surface area contributed by atoms with E-state index in [2.05, 4.69) is 10.5 Å². The summed E-state index contributed by atoms with van der Waals surface area (Å²) in [7, 11) is 0. The highest BCUT2D eigenvalue weighted by Crippen LogP contribution is 2.49. The zero-order chi connectivity index (χ0) is 16.8. The van der Waals surface area contributed by atoms with Crippen LogP contribution in [0.15, 0.2) is 21.6 Å². The van der Waals surface area contributed by atoms with Crippen molar-refractivity contribution in [2.24, 2.45) is 5.92 Å². The first-order chi connectivity index (χ1) is 11.5. The highest BCUT2D eigenvalue weighted by molar-refractivity contribution is 7.08. The molecule has 6 nitrogen and oxygen atoms in total. The molecule has 128 valence electrons. The molecule has 0 radical (unpaired) electrons. The van der Waals surface area contributed by atoms with Gasteiger partial charge in [0.15, 0.2) is 5.82 Å². The van der Waals surface area contributed by atoms with Crippen LogP contribution in [0.2, 0.25) is 0 Å². The maximum absolute atomic E-state index is 12.6. The molecule has 0 saturated heterocycles. The zero-order valence-electron chi connectivity index (χ0n) is 12.8. The molecular weight excluding hydrogens is 338 g/mol. The second kappa shape index (κ2) is 5.80. The maximum atomic E-state index is 12.6. The van der Waals surface area contributed by atoms with Gasteiger partial charge < -0.3 is 4.90 Å². The molecule has 1 fully saturated rings. The van der Waals surface area contributed by atoms with Gasteiger partial charge in [-0.15, -0.1) is 0 Å². The van der Waals surface area contributed by atoms with Gasteiger partial charge in [-0.05, 0) is 34.7 Å². The van der Waals surface area contributed by atoms with Crippen molar-refractivity contribution in [1.29, 1.82) is 0 Å². The van der Waals surface area contributed by atoms with Crippen LogP contribution < -0.4 is 5.69 Å². The summed E-state index contributed by atoms with van der Waals surface area (Å²) < 4.78 is 27.2. The summed E-state index contributed by atoms with van der Waals surface area (Å²) in [6.45, 7) is 0.213. The number of aromatic nitrogens is 3. The SMILES string of the molecule is O=C([C@@H]1C[C@H]1c1ccsc1)N1CCn2c(nn(CC(F)F)c2=O)C1. The Hall–Kier alpha value is -2.03. The fourth-order valence-electron chi connectivity index (χ4n) is 3.29. The van der Waals surface area contributed by atoms with E-state index in [1.54, 1.807) is 16.2 Å². The molecule has 0 N–H and O–H groups in total. The minimum absolute atomic E-state index is 0.0129. The van der Waals surface area contributed by atoms with Crippen LogP contribution in [0.25, 0.3) is 0 Å². The molecule has 1 aliphatic carbocycles. The standard InChI is InChI=1S/C15H16F2N4O2S/c16-12(17)6-21-15(23)20-3-2-19(7-13(20)18-21)14(22)11-5-10(11)9-1-4-24-8-9/h1,4,8,10-12H,2-3,5-7H2/t10-,11+/m0/s1. The monoisotopic (exact) mass is 354 g/mol. The Morgan fingerprint density at radius 2 is 2.25 bits per heavy atom. The average molecular weight is 354 g/mol. The Kier molecular flexibility index (Phi) is 3.75. The number of carbonyl (C=O) groups is 1. The van der Waals surface area contributed by atoms with Gasteiger partial charge in [-0.2, -0.15) is 16.4 Å². The number of thiophene rings is 1. The van der Waals surface area contributed by atoms with E-state index in [4.69, 9.17) is 0 Å². The molecule has 1 amide bonds. The number of hydrogen-bond acceptors (Lipinski definition) is 4. The third-order valence-corrected chi connectivity index (χ3v) is 5.33. The molecule has 4 rings (SSSR count). The lowest BCUT2D eigenvalue weighted by atomic mass is 10.1. The van der Waals surface area contributed by atoms with Crippen molar-refractivity contribution in [2.45, 2.75) is 38.4 Å². The molecule has 2 aromatic heterocycles. The van der Waals surface area contributed by atoms with Gasteiger partial charge in [-0.25, -0.2) is 18.3 Å². The second-order valence-electron chi connectivity index (χ2n) is 6.19. The third-order valence-electron chi connectivity index (χ3n) is 4.63. The number of alkyl halides is 2. The lowest BCUT2D eigenvalue weighted by Crippen LogP contribution is -2.41. The molecule has 1 saturated carbocycles. The summed E-state index contributed by atoms with van der Waals surface area (Å²) in [5.41, 5.74) is 0.674. The Labute approximate surface area is 140 Å². The van der Waals surface area contributed by atoms with E-state index in [0.29, 0.717) is 18.9 Å². The molecular formula is C15H16F2N4O2S. The quantitative estimate of drug-likeness (QED) is 0.836. The van der Waals surface area contributed by atoms with Crippen LogP contribution in [0.4, 0.5) is 8.78 Å². The third kappa shape index (κ3) is 2.66. The lowest BCUT2D eigenvalue weighted by molar-refractivity contribution is -0.134. The molecule has 3 heterocycles. The Morgan fingerprint density at radius 3 is 2.96 bits per heavy atom. The smallest absolute Gasteiger partial charge is 0.333 e. The summed E-state index contributed by atoms with van der Waals surface area (Å²) in [5.74, 6) is 0.714. The van der Waals surface area contributed by atoms with Crippen LogP contribution in [-0.4, -0.2) is 38.1 Å². The molecule has 24 heavy (non-hydrogen) atoms. The van der Waals surface area contributed by atoms with Crippen molar-refractivity contribution < 1.29 is 13.6 Å². The van der Waals surface area contributed by atoms with Gasteiger partial charge in [0.2, 0.25) is 5.91 Å². The predicted molar refractivity (Wildman–Crippen MR) is 83.1 cm³/mol. The van der Waals surface area contributed by atoms with E-state index in [1.807, 2.05) is 11.4 Å². The van der Waals surface area contributed by atoms with E-state index in [1.165, 1.54) is 10.1 Å². The first-order valence-electron chi connectivity index (χ1n) is 7.80. The number of fused-ring (bicyclic) bond motifs is 1. The second-order valence-corrected chi connectivity index (χ2v) is 6.97. The minimum atomic E-state index is -2.63. The fourth-order valence-corrected chi connectivity index (χ4v) is 4.02. The Morgan fingerprint density at radius 1 is 1.42 bits per heavy atom. The van der Waals surface area contributed by atoms with Crippen molar-refractivity contribution in [3.05, 3.63) is 38.7 Å². The first-order valence-corrected chi connectivity index (χ1v) is 8.74. The van der Waals surface area contributed by atoms with E-state index < -0.39 is 18.7 Å². The zero-order valence-corrected chi connectivity index (χ0v) is 13.6. The number of rotatable bonds is 4. The normalized spacial score (nSPS) is 22.7. The number of halogens is 2. The van der Waals surface area contributed by atoms with Gasteiger partial charge in [0.05, 0.1) is 6.54 Å². The van der Waals surface area contributed by atoms with Crippen molar-refractivity contribution in [3.63, 3.8) is 0 Å². The molecule has 2 atom stereocenters. The largest absolute Gasteiger partial charge is 0.346 e.